The first kappa shape index (κ1) is 10.9. The first-order valence-corrected chi connectivity index (χ1v) is 5.44. The molecule has 16 heavy (non-hydrogen) atoms. The van der Waals surface area contributed by atoms with Crippen molar-refractivity contribution < 1.29 is 4.42 Å². The summed E-state index contributed by atoms with van der Waals surface area (Å²) in [6.07, 6.45) is 3.17. The molecule has 2 aromatic heterocycles. The van der Waals surface area contributed by atoms with Crippen LogP contribution in [0.15, 0.2) is 38.4 Å². The van der Waals surface area contributed by atoms with E-state index in [4.69, 9.17) is 0 Å². The van der Waals surface area contributed by atoms with Crippen molar-refractivity contribution in [1.29, 1.82) is 0 Å². The second kappa shape index (κ2) is 4.52. The number of nitrogens with zero attached hydrogens (tertiary/aromatic N) is 2. The van der Waals surface area contributed by atoms with Crippen LogP contribution in [0.1, 0.15) is 5.56 Å². The summed E-state index contributed by atoms with van der Waals surface area (Å²) in [5, 5.41) is 0. The molecule has 0 atom stereocenters. The molecule has 0 radical (unpaired) electrons. The average Bonchev–Trinajstić information content (AvgIpc) is 2.68. The molecule has 84 valence electrons. The molecule has 0 aliphatic carbocycles. The second-order valence-corrected chi connectivity index (χ2v) is 4.19. The number of hydrogen-bond acceptors (Lipinski definition) is 4. The molecule has 0 amide bonds. The van der Waals surface area contributed by atoms with Crippen LogP contribution in [0, 0.1) is 0 Å². The lowest BCUT2D eigenvalue weighted by Gasteiger charge is -2.15. The Morgan fingerprint density at radius 2 is 2.38 bits per heavy atom. The van der Waals surface area contributed by atoms with E-state index in [-0.39, 0.29) is 0 Å². The zero-order valence-corrected chi connectivity index (χ0v) is 10.2. The van der Waals surface area contributed by atoms with Crippen LogP contribution in [-0.4, -0.2) is 17.0 Å². The Kier molecular flexibility index (Phi) is 3.09. The molecule has 2 rings (SSSR count). The number of H-pyrrole nitrogens is 1. The molecular formula is C10H10BrN3O2. The fraction of sp³-hybridized carbons (Fsp3) is 0.200. The number of halogens is 1. The van der Waals surface area contributed by atoms with Crippen LogP contribution in [0.4, 0.5) is 5.82 Å². The molecule has 2 heterocycles. The molecule has 0 saturated heterocycles. The third kappa shape index (κ3) is 2.52. The van der Waals surface area contributed by atoms with Crippen molar-refractivity contribution in [2.24, 2.45) is 0 Å². The normalized spacial score (nSPS) is 10.4. The predicted molar refractivity (Wildman–Crippen MR) is 63.4 cm³/mol. The highest BCUT2D eigenvalue weighted by molar-refractivity contribution is 9.10. The van der Waals surface area contributed by atoms with Gasteiger partial charge in [0.05, 0.1) is 0 Å². The fourth-order valence-electron chi connectivity index (χ4n) is 1.32. The number of hydrogen-bond donors (Lipinski definition) is 1. The van der Waals surface area contributed by atoms with Gasteiger partial charge >= 0.3 is 5.76 Å². The molecule has 0 unspecified atom stereocenters. The van der Waals surface area contributed by atoms with E-state index < -0.39 is 5.76 Å². The first-order valence-electron chi connectivity index (χ1n) is 4.64. The monoisotopic (exact) mass is 283 g/mol. The second-order valence-electron chi connectivity index (χ2n) is 3.38. The average molecular weight is 284 g/mol. The van der Waals surface area contributed by atoms with Gasteiger partial charge in [-0.25, -0.2) is 9.78 Å². The summed E-state index contributed by atoms with van der Waals surface area (Å²) in [7, 11) is 1.86. The quantitative estimate of drug-likeness (QED) is 0.872. The maximum Gasteiger partial charge on any atom is 0.417 e. The Hall–Kier alpha value is -1.56. The van der Waals surface area contributed by atoms with Crippen LogP contribution >= 0.6 is 15.9 Å². The zero-order valence-electron chi connectivity index (χ0n) is 8.61. The Morgan fingerprint density at radius 1 is 1.56 bits per heavy atom. The van der Waals surface area contributed by atoms with Crippen LogP contribution in [0.25, 0.3) is 0 Å². The summed E-state index contributed by atoms with van der Waals surface area (Å²) in [5.74, 6) is 0.198. The highest BCUT2D eigenvalue weighted by Crippen LogP contribution is 2.12. The number of nitrogens with one attached hydrogen (secondary N) is 1. The van der Waals surface area contributed by atoms with Gasteiger partial charge in [0.1, 0.15) is 16.7 Å². The lowest BCUT2D eigenvalue weighted by atomic mass is 10.3. The van der Waals surface area contributed by atoms with Crippen molar-refractivity contribution >= 4 is 21.7 Å². The van der Waals surface area contributed by atoms with Gasteiger partial charge in [0.15, 0.2) is 0 Å². The Morgan fingerprint density at radius 3 is 2.94 bits per heavy atom. The summed E-state index contributed by atoms with van der Waals surface area (Å²) in [4.78, 5) is 19.4. The van der Waals surface area contributed by atoms with Gasteiger partial charge in [-0.1, -0.05) is 6.07 Å². The molecule has 0 saturated carbocycles. The molecule has 0 aliphatic rings. The van der Waals surface area contributed by atoms with E-state index in [0.29, 0.717) is 12.4 Å². The Balaban J connectivity index is 2.10. The number of oxazole rings is 1. The van der Waals surface area contributed by atoms with E-state index in [1.54, 1.807) is 6.20 Å². The van der Waals surface area contributed by atoms with Crippen LogP contribution in [0.3, 0.4) is 0 Å². The summed E-state index contributed by atoms with van der Waals surface area (Å²) in [5.41, 5.74) is 1.05. The summed E-state index contributed by atoms with van der Waals surface area (Å²) < 4.78 is 5.47. The molecule has 0 spiro atoms. The number of anilines is 1. The molecule has 0 bridgehead atoms. The molecule has 6 heteroatoms. The lowest BCUT2D eigenvalue weighted by Crippen LogP contribution is -2.17. The van der Waals surface area contributed by atoms with Gasteiger partial charge in [0.25, 0.3) is 0 Å². The summed E-state index contributed by atoms with van der Waals surface area (Å²) in [6.45, 7) is 0.649. The Bertz CT molecular complexity index is 517. The van der Waals surface area contributed by atoms with Gasteiger partial charge in [-0.2, -0.15) is 0 Å². The summed E-state index contributed by atoms with van der Waals surface area (Å²) in [6, 6.07) is 3.84. The van der Waals surface area contributed by atoms with Gasteiger partial charge in [0, 0.05) is 19.8 Å². The first-order chi connectivity index (χ1) is 7.65. The third-order valence-corrected chi connectivity index (χ3v) is 2.60. The van der Waals surface area contributed by atoms with Crippen molar-refractivity contribution in [3.05, 3.63) is 45.3 Å². The molecule has 0 aromatic carbocycles. The summed E-state index contributed by atoms with van der Waals surface area (Å²) >= 11 is 3.27. The molecule has 0 aliphatic heterocycles. The molecule has 2 aromatic rings. The topological polar surface area (TPSA) is 62.1 Å². The van der Waals surface area contributed by atoms with E-state index in [1.807, 2.05) is 24.1 Å². The highest BCUT2D eigenvalue weighted by Gasteiger charge is 2.05. The van der Waals surface area contributed by atoms with Crippen molar-refractivity contribution in [1.82, 2.24) is 9.97 Å². The van der Waals surface area contributed by atoms with Gasteiger partial charge in [-0.05, 0) is 27.6 Å². The fourth-order valence-corrected chi connectivity index (χ4v) is 1.55. The van der Waals surface area contributed by atoms with Crippen molar-refractivity contribution in [3.8, 4) is 0 Å². The van der Waals surface area contributed by atoms with E-state index in [2.05, 4.69) is 30.3 Å². The maximum atomic E-state index is 10.8. The Labute approximate surface area is 100 Å². The number of aromatic amines is 1. The number of pyridine rings is 1. The van der Waals surface area contributed by atoms with Gasteiger partial charge in [-0.3, -0.25) is 4.98 Å². The van der Waals surface area contributed by atoms with Crippen molar-refractivity contribution in [2.45, 2.75) is 6.54 Å². The maximum absolute atomic E-state index is 10.8. The molecule has 0 fully saturated rings. The molecule has 5 nitrogen and oxygen atoms in total. The van der Waals surface area contributed by atoms with Crippen LogP contribution in [-0.2, 0) is 6.54 Å². The SMILES string of the molecule is CN(Cc1ccc(Br)nc1)c1coc(=O)[nH]1. The van der Waals surface area contributed by atoms with Crippen LogP contribution in [0.2, 0.25) is 0 Å². The van der Waals surface area contributed by atoms with E-state index >= 15 is 0 Å². The standard InChI is InChI=1S/C10H10BrN3O2/c1-14(9-6-16-10(15)13-9)5-7-2-3-8(11)12-4-7/h2-4,6H,5H2,1H3,(H,13,15). The van der Waals surface area contributed by atoms with E-state index in [9.17, 15) is 4.79 Å². The van der Waals surface area contributed by atoms with Gasteiger partial charge < -0.3 is 9.32 Å². The van der Waals surface area contributed by atoms with Gasteiger partial charge in [-0.15, -0.1) is 0 Å². The van der Waals surface area contributed by atoms with Crippen molar-refractivity contribution in [2.75, 3.05) is 11.9 Å². The number of aromatic nitrogens is 2. The zero-order chi connectivity index (χ0) is 11.5. The minimum Gasteiger partial charge on any atom is -0.414 e. The van der Waals surface area contributed by atoms with Gasteiger partial charge in [0.2, 0.25) is 0 Å². The predicted octanol–water partition coefficient (Wildman–Crippen LogP) is 1.76. The van der Waals surface area contributed by atoms with Crippen molar-refractivity contribution in [3.63, 3.8) is 0 Å². The highest BCUT2D eigenvalue weighted by atomic mass is 79.9. The molecular weight excluding hydrogens is 274 g/mol. The smallest absolute Gasteiger partial charge is 0.414 e. The molecule has 1 N–H and O–H groups in total. The van der Waals surface area contributed by atoms with E-state index in [0.717, 1.165) is 10.2 Å². The van der Waals surface area contributed by atoms with E-state index in [1.165, 1.54) is 6.26 Å². The minimum absolute atomic E-state index is 0.448. The lowest BCUT2D eigenvalue weighted by molar-refractivity contribution is 0.515. The number of rotatable bonds is 3. The van der Waals surface area contributed by atoms with Crippen LogP contribution in [0.5, 0.6) is 0 Å². The largest absolute Gasteiger partial charge is 0.417 e. The minimum atomic E-state index is -0.448. The third-order valence-electron chi connectivity index (χ3n) is 2.13. The van der Waals surface area contributed by atoms with Crippen LogP contribution < -0.4 is 10.7 Å².